The molecule has 0 radical (unpaired) electrons. The van der Waals surface area contributed by atoms with Gasteiger partial charge in [-0.15, -0.1) is 0 Å². The van der Waals surface area contributed by atoms with E-state index in [0.717, 1.165) is 25.1 Å². The minimum Gasteiger partial charge on any atom is -0.493 e. The predicted molar refractivity (Wildman–Crippen MR) is 75.2 cm³/mol. The molecule has 2 N–H and O–H groups in total. The summed E-state index contributed by atoms with van der Waals surface area (Å²) < 4.78 is 5.76. The van der Waals surface area contributed by atoms with Gasteiger partial charge in [-0.1, -0.05) is 19.1 Å². The van der Waals surface area contributed by atoms with Crippen LogP contribution >= 0.6 is 0 Å². The molecule has 18 heavy (non-hydrogen) atoms. The second-order valence-electron chi connectivity index (χ2n) is 4.64. The van der Waals surface area contributed by atoms with Gasteiger partial charge >= 0.3 is 0 Å². The zero-order valence-corrected chi connectivity index (χ0v) is 11.7. The van der Waals surface area contributed by atoms with Gasteiger partial charge in [0.25, 0.3) is 0 Å². The highest BCUT2D eigenvalue weighted by atomic mass is 16.5. The minimum absolute atomic E-state index is 0.203. The molecule has 0 saturated heterocycles. The Balaban J connectivity index is 2.24. The summed E-state index contributed by atoms with van der Waals surface area (Å²) in [6.45, 7) is 8.04. The molecule has 1 atom stereocenters. The van der Waals surface area contributed by atoms with E-state index < -0.39 is 0 Å². The highest BCUT2D eigenvalue weighted by Gasteiger charge is 2.03. The monoisotopic (exact) mass is 251 g/mol. The molecule has 0 bridgehead atoms. The van der Waals surface area contributed by atoms with Crippen LogP contribution in [0.15, 0.2) is 18.2 Å². The van der Waals surface area contributed by atoms with Crippen LogP contribution in [0.5, 0.6) is 5.75 Å². The number of aliphatic hydroxyl groups excluding tert-OH is 1. The molecule has 0 fully saturated rings. The summed E-state index contributed by atoms with van der Waals surface area (Å²) in [5.41, 5.74) is 2.48. The van der Waals surface area contributed by atoms with Crippen LogP contribution < -0.4 is 10.1 Å². The van der Waals surface area contributed by atoms with E-state index in [9.17, 15) is 0 Å². The highest BCUT2D eigenvalue weighted by Crippen LogP contribution is 2.20. The zero-order valence-electron chi connectivity index (χ0n) is 11.7. The van der Waals surface area contributed by atoms with Gasteiger partial charge in [0.05, 0.1) is 13.2 Å². The van der Waals surface area contributed by atoms with Gasteiger partial charge in [0, 0.05) is 6.04 Å². The lowest BCUT2D eigenvalue weighted by Crippen LogP contribution is -2.33. The Kier molecular flexibility index (Phi) is 6.76. The van der Waals surface area contributed by atoms with Crippen molar-refractivity contribution in [3.63, 3.8) is 0 Å². The second kappa shape index (κ2) is 8.11. The summed E-state index contributed by atoms with van der Waals surface area (Å²) in [4.78, 5) is 0. The number of ether oxygens (including phenoxy) is 1. The van der Waals surface area contributed by atoms with Crippen molar-refractivity contribution in [2.24, 2.45) is 0 Å². The van der Waals surface area contributed by atoms with E-state index in [4.69, 9.17) is 9.84 Å². The van der Waals surface area contributed by atoms with E-state index >= 15 is 0 Å². The molecule has 0 spiro atoms. The quantitative estimate of drug-likeness (QED) is 0.697. The lowest BCUT2D eigenvalue weighted by molar-refractivity contribution is 0.233. The number of aryl methyl sites for hydroxylation is 1. The van der Waals surface area contributed by atoms with Crippen LogP contribution in [0.3, 0.4) is 0 Å². The molecule has 1 rings (SSSR count). The zero-order chi connectivity index (χ0) is 13.4. The van der Waals surface area contributed by atoms with Gasteiger partial charge in [0.2, 0.25) is 0 Å². The Morgan fingerprint density at radius 3 is 2.78 bits per heavy atom. The molecule has 3 heteroatoms. The van der Waals surface area contributed by atoms with Crippen molar-refractivity contribution < 1.29 is 9.84 Å². The molecule has 0 saturated carbocycles. The van der Waals surface area contributed by atoms with Crippen molar-refractivity contribution in [1.82, 2.24) is 5.32 Å². The van der Waals surface area contributed by atoms with E-state index in [-0.39, 0.29) is 12.6 Å². The molecule has 0 heterocycles. The predicted octanol–water partition coefficient (Wildman–Crippen LogP) is 2.43. The molecule has 102 valence electrons. The fourth-order valence-corrected chi connectivity index (χ4v) is 1.78. The first kappa shape index (κ1) is 15.0. The van der Waals surface area contributed by atoms with E-state index in [1.807, 2.05) is 12.1 Å². The fraction of sp³-hybridized carbons (Fsp3) is 0.600. The Bertz CT molecular complexity index is 348. The number of nitrogens with one attached hydrogen (secondary N) is 1. The van der Waals surface area contributed by atoms with Crippen molar-refractivity contribution >= 4 is 0 Å². The van der Waals surface area contributed by atoms with Gasteiger partial charge in [-0.2, -0.15) is 0 Å². The molecule has 3 nitrogen and oxygen atoms in total. The molecule has 1 aromatic rings. The van der Waals surface area contributed by atoms with Crippen molar-refractivity contribution in [3.8, 4) is 5.75 Å². The van der Waals surface area contributed by atoms with Crippen molar-refractivity contribution in [1.29, 1.82) is 0 Å². The molecule has 0 aromatic heterocycles. The third-order valence-corrected chi connectivity index (χ3v) is 3.28. The fourth-order valence-electron chi connectivity index (χ4n) is 1.78. The standard InChI is InChI=1S/C15H25NO2/c1-4-14(11-17)16-9-6-10-18-15-8-5-7-12(2)13(15)3/h5,7-8,14,16-17H,4,6,9-11H2,1-3H3. The third-order valence-electron chi connectivity index (χ3n) is 3.28. The van der Waals surface area contributed by atoms with Gasteiger partial charge in [0.1, 0.15) is 5.75 Å². The smallest absolute Gasteiger partial charge is 0.122 e. The normalized spacial score (nSPS) is 12.4. The largest absolute Gasteiger partial charge is 0.493 e. The molecular formula is C15H25NO2. The van der Waals surface area contributed by atoms with E-state index in [0.29, 0.717) is 6.61 Å². The molecule has 0 aliphatic rings. The molecule has 1 aromatic carbocycles. The SMILES string of the molecule is CCC(CO)NCCCOc1cccc(C)c1C. The summed E-state index contributed by atoms with van der Waals surface area (Å²) in [6, 6.07) is 6.34. The van der Waals surface area contributed by atoms with Crippen LogP contribution in [0.1, 0.15) is 30.9 Å². The summed E-state index contributed by atoms with van der Waals surface area (Å²) in [5, 5.41) is 12.3. The van der Waals surface area contributed by atoms with E-state index in [1.165, 1.54) is 11.1 Å². The lowest BCUT2D eigenvalue weighted by atomic mass is 10.1. The van der Waals surface area contributed by atoms with Crippen LogP contribution in [0.25, 0.3) is 0 Å². The van der Waals surface area contributed by atoms with Crippen molar-refractivity contribution in [3.05, 3.63) is 29.3 Å². The lowest BCUT2D eigenvalue weighted by Gasteiger charge is -2.14. The maximum Gasteiger partial charge on any atom is 0.122 e. The summed E-state index contributed by atoms with van der Waals surface area (Å²) in [7, 11) is 0. The topological polar surface area (TPSA) is 41.5 Å². The Morgan fingerprint density at radius 1 is 1.33 bits per heavy atom. The Morgan fingerprint density at radius 2 is 2.11 bits per heavy atom. The van der Waals surface area contributed by atoms with Crippen molar-refractivity contribution in [2.75, 3.05) is 19.8 Å². The Labute approximate surface area is 110 Å². The van der Waals surface area contributed by atoms with Crippen LogP contribution in [0, 0.1) is 13.8 Å². The van der Waals surface area contributed by atoms with Crippen LogP contribution in [0.2, 0.25) is 0 Å². The maximum atomic E-state index is 9.03. The molecule has 0 aliphatic heterocycles. The summed E-state index contributed by atoms with van der Waals surface area (Å²) in [6.07, 6.45) is 1.90. The van der Waals surface area contributed by atoms with Crippen molar-refractivity contribution in [2.45, 2.75) is 39.7 Å². The highest BCUT2D eigenvalue weighted by molar-refractivity contribution is 5.38. The van der Waals surface area contributed by atoms with Gasteiger partial charge < -0.3 is 15.2 Å². The first-order chi connectivity index (χ1) is 8.69. The number of aliphatic hydroxyl groups is 1. The minimum atomic E-state index is 0.203. The molecule has 0 aliphatic carbocycles. The van der Waals surface area contributed by atoms with Gasteiger partial charge in [-0.25, -0.2) is 0 Å². The summed E-state index contributed by atoms with van der Waals surface area (Å²) in [5.74, 6) is 0.976. The number of benzene rings is 1. The molecule has 1 unspecified atom stereocenters. The van der Waals surface area contributed by atoms with Crippen LogP contribution in [-0.4, -0.2) is 30.9 Å². The van der Waals surface area contributed by atoms with Gasteiger partial charge in [0.15, 0.2) is 0 Å². The first-order valence-electron chi connectivity index (χ1n) is 6.72. The average Bonchev–Trinajstić information content (AvgIpc) is 2.38. The van der Waals surface area contributed by atoms with E-state index in [2.05, 4.69) is 32.2 Å². The second-order valence-corrected chi connectivity index (χ2v) is 4.64. The Hall–Kier alpha value is -1.06. The van der Waals surface area contributed by atoms with Gasteiger partial charge in [-0.05, 0) is 50.4 Å². The maximum absolute atomic E-state index is 9.03. The third kappa shape index (κ3) is 4.67. The molecular weight excluding hydrogens is 226 g/mol. The number of rotatable bonds is 8. The number of hydrogen-bond donors (Lipinski definition) is 2. The number of hydrogen-bond acceptors (Lipinski definition) is 3. The molecule has 0 amide bonds. The van der Waals surface area contributed by atoms with E-state index in [1.54, 1.807) is 0 Å². The summed E-state index contributed by atoms with van der Waals surface area (Å²) >= 11 is 0. The average molecular weight is 251 g/mol. The van der Waals surface area contributed by atoms with Crippen LogP contribution in [0.4, 0.5) is 0 Å². The first-order valence-corrected chi connectivity index (χ1v) is 6.72. The van der Waals surface area contributed by atoms with Crippen LogP contribution in [-0.2, 0) is 0 Å². The van der Waals surface area contributed by atoms with Gasteiger partial charge in [-0.3, -0.25) is 0 Å².